The second-order valence-electron chi connectivity index (χ2n) is 10.9. The Bertz CT molecular complexity index is 1360. The van der Waals surface area contributed by atoms with Crippen LogP contribution in [0, 0.1) is 0 Å². The molecule has 0 unspecified atom stereocenters. The Morgan fingerprint density at radius 1 is 0.974 bits per heavy atom. The van der Waals surface area contributed by atoms with Gasteiger partial charge in [0.2, 0.25) is 0 Å². The smallest absolute Gasteiger partial charge is 0.0678 e. The molecule has 1 fully saturated rings. The molecule has 4 heterocycles. The van der Waals surface area contributed by atoms with Crippen molar-refractivity contribution in [3.8, 4) is 0 Å². The van der Waals surface area contributed by atoms with Crippen LogP contribution in [0.2, 0.25) is 0 Å². The minimum absolute atomic E-state index is 0.379. The molecule has 4 aromatic rings. The van der Waals surface area contributed by atoms with Crippen LogP contribution in [-0.2, 0) is 24.2 Å². The number of hydrogen-bond donors (Lipinski definition) is 0. The molecule has 0 saturated carbocycles. The van der Waals surface area contributed by atoms with Crippen LogP contribution >= 0.6 is 0 Å². The van der Waals surface area contributed by atoms with Crippen molar-refractivity contribution in [1.82, 2.24) is 24.3 Å². The van der Waals surface area contributed by atoms with Crippen LogP contribution in [0.3, 0.4) is 0 Å². The van der Waals surface area contributed by atoms with Gasteiger partial charge in [-0.1, -0.05) is 44.0 Å². The molecule has 3 aromatic heterocycles. The first-order valence-electron chi connectivity index (χ1n) is 14.7. The lowest BCUT2D eigenvalue weighted by molar-refractivity contribution is 0.0366. The summed E-state index contributed by atoms with van der Waals surface area (Å²) in [5, 5.41) is 2.65. The van der Waals surface area contributed by atoms with E-state index in [0.717, 1.165) is 64.6 Å². The highest BCUT2D eigenvalue weighted by Gasteiger charge is 2.27. The van der Waals surface area contributed by atoms with E-state index in [-0.39, 0.29) is 0 Å². The molecule has 0 N–H and O–H groups in total. The Balaban J connectivity index is 1.30. The van der Waals surface area contributed by atoms with Crippen LogP contribution in [0.1, 0.15) is 62.0 Å². The van der Waals surface area contributed by atoms with E-state index >= 15 is 0 Å². The molecule has 6 heteroatoms. The summed E-state index contributed by atoms with van der Waals surface area (Å²) in [7, 11) is 0. The van der Waals surface area contributed by atoms with Gasteiger partial charge in [0.25, 0.3) is 0 Å². The summed E-state index contributed by atoms with van der Waals surface area (Å²) < 4.78 is 8.02. The molecule has 1 aromatic carbocycles. The number of aromatic nitrogens is 3. The summed E-state index contributed by atoms with van der Waals surface area (Å²) >= 11 is 0. The number of ether oxygens (including phenoxy) is 1. The molecular formula is C32H41N5O. The zero-order chi connectivity index (χ0) is 25.7. The standard InChI is InChI=1S/C32H41N5O/c1-2-3-6-15-36(30-13-7-9-25-10-8-14-33-32(25)30)24-26-22-28-27-11-4-5-12-29(27)37(31(28)23-34-26)17-16-35-18-20-38-21-19-35/h4-5,8,10-12,14,22-23,30H,2-3,6-7,9,13,15-21,24H2,1H3/t30-/m0/s1. The molecule has 0 radical (unpaired) electrons. The number of pyridine rings is 2. The first-order valence-corrected chi connectivity index (χ1v) is 14.7. The summed E-state index contributed by atoms with van der Waals surface area (Å²) in [4.78, 5) is 15.1. The van der Waals surface area contributed by atoms with Gasteiger partial charge in [-0.25, -0.2) is 0 Å². The van der Waals surface area contributed by atoms with E-state index in [1.807, 2.05) is 6.20 Å². The predicted molar refractivity (Wildman–Crippen MR) is 154 cm³/mol. The van der Waals surface area contributed by atoms with Crippen molar-refractivity contribution < 1.29 is 4.74 Å². The Labute approximate surface area is 226 Å². The second kappa shape index (κ2) is 11.9. The number of para-hydroxylation sites is 1. The third-order valence-electron chi connectivity index (χ3n) is 8.48. The summed E-state index contributed by atoms with van der Waals surface area (Å²) in [6, 6.07) is 16.0. The first kappa shape index (κ1) is 25.5. The Morgan fingerprint density at radius 2 is 1.87 bits per heavy atom. The van der Waals surface area contributed by atoms with Crippen molar-refractivity contribution in [3.05, 3.63) is 71.8 Å². The van der Waals surface area contributed by atoms with Gasteiger partial charge in [0.1, 0.15) is 0 Å². The van der Waals surface area contributed by atoms with E-state index in [4.69, 9.17) is 14.7 Å². The van der Waals surface area contributed by atoms with Crippen LogP contribution in [0.4, 0.5) is 0 Å². The molecule has 6 nitrogen and oxygen atoms in total. The van der Waals surface area contributed by atoms with Crippen LogP contribution < -0.4 is 0 Å². The number of aryl methyl sites for hydroxylation is 1. The molecule has 0 spiro atoms. The molecule has 1 atom stereocenters. The number of benzene rings is 1. The lowest BCUT2D eigenvalue weighted by atomic mass is 9.90. The van der Waals surface area contributed by atoms with Crippen LogP contribution in [0.15, 0.2) is 54.9 Å². The third kappa shape index (κ3) is 5.35. The molecule has 1 aliphatic heterocycles. The van der Waals surface area contributed by atoms with Gasteiger partial charge >= 0.3 is 0 Å². The fraction of sp³-hybridized carbons (Fsp3) is 0.500. The number of hydrogen-bond acceptors (Lipinski definition) is 5. The van der Waals surface area contributed by atoms with Crippen molar-refractivity contribution >= 4 is 21.8 Å². The van der Waals surface area contributed by atoms with Crippen LogP contribution in [0.5, 0.6) is 0 Å². The molecular weight excluding hydrogens is 470 g/mol. The molecule has 200 valence electrons. The second-order valence-corrected chi connectivity index (χ2v) is 10.9. The normalized spacial score (nSPS) is 18.4. The Hall–Kier alpha value is -2.80. The molecule has 1 saturated heterocycles. The summed E-state index contributed by atoms with van der Waals surface area (Å²) in [6.07, 6.45) is 11.4. The first-order chi connectivity index (χ1) is 18.8. The van der Waals surface area contributed by atoms with Gasteiger partial charge in [0.15, 0.2) is 0 Å². The highest BCUT2D eigenvalue weighted by molar-refractivity contribution is 6.07. The van der Waals surface area contributed by atoms with Gasteiger partial charge in [0.05, 0.1) is 42.4 Å². The lowest BCUT2D eigenvalue weighted by Gasteiger charge is -2.35. The zero-order valence-electron chi connectivity index (χ0n) is 22.8. The SMILES string of the molecule is CCCCCN(Cc1cc2c3ccccc3n(CCN3CCOCC3)c2cn1)[C@H]1CCCc2cccnc21. The quantitative estimate of drug-likeness (QED) is 0.245. The van der Waals surface area contributed by atoms with Gasteiger partial charge in [-0.3, -0.25) is 19.8 Å². The molecule has 2 aliphatic rings. The zero-order valence-corrected chi connectivity index (χ0v) is 22.8. The monoisotopic (exact) mass is 511 g/mol. The van der Waals surface area contributed by atoms with Crippen molar-refractivity contribution in [2.24, 2.45) is 0 Å². The number of unbranched alkanes of at least 4 members (excludes halogenated alkanes) is 2. The maximum Gasteiger partial charge on any atom is 0.0678 e. The summed E-state index contributed by atoms with van der Waals surface area (Å²) in [6.45, 7) is 9.98. The lowest BCUT2D eigenvalue weighted by Crippen LogP contribution is -2.38. The maximum atomic E-state index is 5.55. The highest BCUT2D eigenvalue weighted by Crippen LogP contribution is 2.35. The van der Waals surface area contributed by atoms with Crippen LogP contribution in [-0.4, -0.2) is 63.7 Å². The molecule has 0 bridgehead atoms. The predicted octanol–water partition coefficient (Wildman–Crippen LogP) is 5.99. The third-order valence-corrected chi connectivity index (χ3v) is 8.48. The van der Waals surface area contributed by atoms with Crippen LogP contribution in [0.25, 0.3) is 21.8 Å². The topological polar surface area (TPSA) is 46.4 Å². The van der Waals surface area contributed by atoms with E-state index in [0.29, 0.717) is 6.04 Å². The minimum atomic E-state index is 0.379. The minimum Gasteiger partial charge on any atom is -0.379 e. The molecule has 1 aliphatic carbocycles. The Kier molecular flexibility index (Phi) is 8.00. The van der Waals surface area contributed by atoms with Gasteiger partial charge in [0, 0.05) is 55.2 Å². The Morgan fingerprint density at radius 3 is 2.76 bits per heavy atom. The average Bonchev–Trinajstić information content (AvgIpc) is 3.29. The fourth-order valence-electron chi connectivity index (χ4n) is 6.44. The van der Waals surface area contributed by atoms with E-state index < -0.39 is 0 Å². The van der Waals surface area contributed by atoms with Gasteiger partial charge < -0.3 is 9.30 Å². The molecule has 38 heavy (non-hydrogen) atoms. The van der Waals surface area contributed by atoms with Crippen molar-refractivity contribution in [2.45, 2.75) is 64.6 Å². The van der Waals surface area contributed by atoms with E-state index in [2.05, 4.69) is 70.0 Å². The number of fused-ring (bicyclic) bond motifs is 4. The summed E-state index contributed by atoms with van der Waals surface area (Å²) in [5.41, 5.74) is 6.42. The van der Waals surface area contributed by atoms with E-state index in [9.17, 15) is 0 Å². The fourth-order valence-corrected chi connectivity index (χ4v) is 6.44. The average molecular weight is 512 g/mol. The van der Waals surface area contributed by atoms with E-state index in [1.54, 1.807) is 0 Å². The van der Waals surface area contributed by atoms with Crippen molar-refractivity contribution in [2.75, 3.05) is 39.4 Å². The highest BCUT2D eigenvalue weighted by atomic mass is 16.5. The van der Waals surface area contributed by atoms with Gasteiger partial charge in [-0.05, 0) is 56.0 Å². The molecule has 6 rings (SSSR count). The van der Waals surface area contributed by atoms with Crippen molar-refractivity contribution in [1.29, 1.82) is 0 Å². The number of rotatable bonds is 10. The number of morpholine rings is 1. The van der Waals surface area contributed by atoms with Gasteiger partial charge in [-0.15, -0.1) is 0 Å². The van der Waals surface area contributed by atoms with Gasteiger partial charge in [-0.2, -0.15) is 0 Å². The number of nitrogens with zero attached hydrogens (tertiary/aromatic N) is 5. The van der Waals surface area contributed by atoms with E-state index in [1.165, 1.54) is 65.2 Å². The summed E-state index contributed by atoms with van der Waals surface area (Å²) in [5.74, 6) is 0. The molecule has 0 amide bonds. The maximum absolute atomic E-state index is 5.55. The van der Waals surface area contributed by atoms with Crippen molar-refractivity contribution in [3.63, 3.8) is 0 Å². The largest absolute Gasteiger partial charge is 0.379 e.